The van der Waals surface area contributed by atoms with Crippen molar-refractivity contribution in [1.29, 1.82) is 0 Å². The SMILES string of the molecule is CCC/C=C(\C=C(\C=O)C(=O)CC)C(C)CC. The van der Waals surface area contributed by atoms with Crippen LogP contribution < -0.4 is 0 Å². The zero-order chi connectivity index (χ0) is 13.3. The summed E-state index contributed by atoms with van der Waals surface area (Å²) in [4.78, 5) is 22.4. The van der Waals surface area contributed by atoms with E-state index in [1.807, 2.05) is 0 Å². The lowest BCUT2D eigenvalue weighted by Crippen LogP contribution is -2.05. The molecule has 1 unspecified atom stereocenters. The molecule has 2 nitrogen and oxygen atoms in total. The minimum absolute atomic E-state index is 0.0781. The monoisotopic (exact) mass is 236 g/mol. The number of rotatable bonds is 8. The molecule has 0 fully saturated rings. The summed E-state index contributed by atoms with van der Waals surface area (Å²) in [6, 6.07) is 0. The predicted molar refractivity (Wildman–Crippen MR) is 71.9 cm³/mol. The summed E-state index contributed by atoms with van der Waals surface area (Å²) in [6.07, 6.45) is 8.04. The molecule has 0 radical (unpaired) electrons. The van der Waals surface area contributed by atoms with Crippen molar-refractivity contribution in [3.8, 4) is 0 Å². The summed E-state index contributed by atoms with van der Waals surface area (Å²) < 4.78 is 0. The molecule has 0 aromatic rings. The van der Waals surface area contributed by atoms with Gasteiger partial charge in [0.1, 0.15) is 0 Å². The Morgan fingerprint density at radius 3 is 2.29 bits per heavy atom. The molecular weight excluding hydrogens is 212 g/mol. The van der Waals surface area contributed by atoms with Gasteiger partial charge in [0.25, 0.3) is 0 Å². The smallest absolute Gasteiger partial charge is 0.165 e. The fraction of sp³-hybridized carbons (Fsp3) is 0.600. The van der Waals surface area contributed by atoms with Crippen molar-refractivity contribution >= 4 is 12.1 Å². The number of carbonyl (C=O) groups is 2. The van der Waals surface area contributed by atoms with Crippen LogP contribution in [0.4, 0.5) is 0 Å². The van der Waals surface area contributed by atoms with E-state index in [2.05, 4.69) is 26.8 Å². The highest BCUT2D eigenvalue weighted by Crippen LogP contribution is 2.18. The van der Waals surface area contributed by atoms with Gasteiger partial charge in [-0.2, -0.15) is 0 Å². The van der Waals surface area contributed by atoms with Crippen LogP contribution in [0.2, 0.25) is 0 Å². The van der Waals surface area contributed by atoms with Crippen LogP contribution in [0, 0.1) is 5.92 Å². The van der Waals surface area contributed by atoms with Crippen LogP contribution >= 0.6 is 0 Å². The van der Waals surface area contributed by atoms with Crippen LogP contribution in [-0.4, -0.2) is 12.1 Å². The van der Waals surface area contributed by atoms with Crippen LogP contribution in [-0.2, 0) is 9.59 Å². The first-order valence-corrected chi connectivity index (χ1v) is 6.50. The Labute approximate surface area is 105 Å². The number of allylic oxidation sites excluding steroid dienone is 4. The third kappa shape index (κ3) is 5.62. The van der Waals surface area contributed by atoms with Gasteiger partial charge in [-0.15, -0.1) is 0 Å². The molecule has 0 amide bonds. The lowest BCUT2D eigenvalue weighted by molar-refractivity contribution is -0.117. The number of ketones is 1. The molecule has 0 aliphatic rings. The van der Waals surface area contributed by atoms with E-state index >= 15 is 0 Å². The van der Waals surface area contributed by atoms with Gasteiger partial charge in [0.05, 0.1) is 5.57 Å². The van der Waals surface area contributed by atoms with Crippen LogP contribution in [0.1, 0.15) is 53.4 Å². The second kappa shape index (κ2) is 8.91. The zero-order valence-electron chi connectivity index (χ0n) is 11.5. The molecule has 1 atom stereocenters. The highest BCUT2D eigenvalue weighted by molar-refractivity contribution is 6.11. The molecule has 2 heteroatoms. The van der Waals surface area contributed by atoms with Crippen molar-refractivity contribution in [2.75, 3.05) is 0 Å². The van der Waals surface area contributed by atoms with E-state index in [1.54, 1.807) is 13.0 Å². The van der Waals surface area contributed by atoms with Crippen molar-refractivity contribution in [2.45, 2.75) is 53.4 Å². The maximum absolute atomic E-state index is 11.5. The molecule has 17 heavy (non-hydrogen) atoms. The highest BCUT2D eigenvalue weighted by atomic mass is 16.1. The largest absolute Gasteiger partial charge is 0.298 e. The molecule has 0 aliphatic carbocycles. The summed E-state index contributed by atoms with van der Waals surface area (Å²) in [7, 11) is 0. The fourth-order valence-corrected chi connectivity index (χ4v) is 1.51. The van der Waals surface area contributed by atoms with Gasteiger partial charge in [-0.05, 0) is 30.4 Å². The molecule has 0 aromatic carbocycles. The summed E-state index contributed by atoms with van der Waals surface area (Å²) in [6.45, 7) is 8.13. The lowest BCUT2D eigenvalue weighted by atomic mass is 9.94. The maximum atomic E-state index is 11.5. The average Bonchev–Trinajstić information content (AvgIpc) is 2.37. The standard InChI is InChI=1S/C15H24O2/c1-5-8-9-13(12(4)6-2)10-14(11-16)15(17)7-3/h9-12H,5-8H2,1-4H3/b13-9+,14-10-. The van der Waals surface area contributed by atoms with Gasteiger partial charge in [-0.3, -0.25) is 9.59 Å². The molecule has 0 saturated carbocycles. The van der Waals surface area contributed by atoms with E-state index in [4.69, 9.17) is 0 Å². The molecule has 0 N–H and O–H groups in total. The zero-order valence-corrected chi connectivity index (χ0v) is 11.5. The first kappa shape index (κ1) is 15.8. The van der Waals surface area contributed by atoms with E-state index < -0.39 is 0 Å². The molecule has 0 rings (SSSR count). The Kier molecular flexibility index (Phi) is 8.29. The van der Waals surface area contributed by atoms with Gasteiger partial charge in [-0.1, -0.05) is 40.2 Å². The first-order chi connectivity index (χ1) is 8.10. The molecule has 0 aliphatic heterocycles. The molecule has 96 valence electrons. The molecular formula is C15H24O2. The van der Waals surface area contributed by atoms with E-state index in [-0.39, 0.29) is 5.78 Å². The topological polar surface area (TPSA) is 34.1 Å². The fourth-order valence-electron chi connectivity index (χ4n) is 1.51. The number of unbranched alkanes of at least 4 members (excludes halogenated alkanes) is 1. The Balaban J connectivity index is 5.10. The third-order valence-electron chi connectivity index (χ3n) is 2.94. The minimum Gasteiger partial charge on any atom is -0.298 e. The molecule has 0 aromatic heterocycles. The molecule has 0 heterocycles. The van der Waals surface area contributed by atoms with Gasteiger partial charge in [0.15, 0.2) is 12.1 Å². The Morgan fingerprint density at radius 1 is 1.24 bits per heavy atom. The van der Waals surface area contributed by atoms with E-state index in [1.165, 1.54) is 0 Å². The van der Waals surface area contributed by atoms with Crippen LogP contribution in [0.15, 0.2) is 23.3 Å². The van der Waals surface area contributed by atoms with Gasteiger partial charge in [0, 0.05) is 6.42 Å². The molecule has 0 spiro atoms. The van der Waals surface area contributed by atoms with Crippen LogP contribution in [0.3, 0.4) is 0 Å². The van der Waals surface area contributed by atoms with Crippen molar-refractivity contribution < 1.29 is 9.59 Å². The second-order valence-corrected chi connectivity index (χ2v) is 4.30. The van der Waals surface area contributed by atoms with Crippen LogP contribution in [0.25, 0.3) is 0 Å². The number of aldehydes is 1. The van der Waals surface area contributed by atoms with Gasteiger partial charge in [0.2, 0.25) is 0 Å². The van der Waals surface area contributed by atoms with E-state index in [9.17, 15) is 9.59 Å². The van der Waals surface area contributed by atoms with Crippen molar-refractivity contribution in [2.24, 2.45) is 5.92 Å². The van der Waals surface area contributed by atoms with Crippen LogP contribution in [0.5, 0.6) is 0 Å². The number of hydrogen-bond donors (Lipinski definition) is 0. The summed E-state index contributed by atoms with van der Waals surface area (Å²) >= 11 is 0. The highest BCUT2D eigenvalue weighted by Gasteiger charge is 2.10. The van der Waals surface area contributed by atoms with Crippen molar-refractivity contribution in [1.82, 2.24) is 0 Å². The predicted octanol–water partition coefficient (Wildman–Crippen LogP) is 3.86. The van der Waals surface area contributed by atoms with Crippen molar-refractivity contribution in [3.05, 3.63) is 23.3 Å². The Hall–Kier alpha value is -1.18. The van der Waals surface area contributed by atoms with E-state index in [0.717, 1.165) is 24.8 Å². The Bertz CT molecular complexity index is 311. The summed E-state index contributed by atoms with van der Waals surface area (Å²) in [5, 5.41) is 0. The number of carbonyl (C=O) groups excluding carboxylic acids is 2. The van der Waals surface area contributed by atoms with Gasteiger partial charge in [-0.25, -0.2) is 0 Å². The minimum atomic E-state index is -0.0781. The first-order valence-electron chi connectivity index (χ1n) is 6.50. The second-order valence-electron chi connectivity index (χ2n) is 4.30. The van der Waals surface area contributed by atoms with Gasteiger partial charge < -0.3 is 0 Å². The molecule has 0 bridgehead atoms. The van der Waals surface area contributed by atoms with Crippen molar-refractivity contribution in [3.63, 3.8) is 0 Å². The molecule has 0 saturated heterocycles. The summed E-state index contributed by atoms with van der Waals surface area (Å²) in [5.74, 6) is 0.312. The third-order valence-corrected chi connectivity index (χ3v) is 2.94. The van der Waals surface area contributed by atoms with Gasteiger partial charge >= 0.3 is 0 Å². The average molecular weight is 236 g/mol. The lowest BCUT2D eigenvalue weighted by Gasteiger charge is -2.11. The maximum Gasteiger partial charge on any atom is 0.165 e. The summed E-state index contributed by atoms with van der Waals surface area (Å²) in [5.41, 5.74) is 1.41. The van der Waals surface area contributed by atoms with E-state index in [0.29, 0.717) is 24.2 Å². The Morgan fingerprint density at radius 2 is 1.88 bits per heavy atom. The number of hydrogen-bond acceptors (Lipinski definition) is 2. The normalized spacial score (nSPS) is 14.6. The number of Topliss-reactive ketones (excluding diaryl/α,β-unsaturated/α-hetero) is 1. The quantitative estimate of drug-likeness (QED) is 0.211.